The zero-order valence-electron chi connectivity index (χ0n) is 15.9. The molecule has 0 N–H and O–H groups in total. The van der Waals surface area contributed by atoms with Crippen LogP contribution in [0.2, 0.25) is 0 Å². The zero-order valence-corrected chi connectivity index (χ0v) is 15.9. The Kier molecular flexibility index (Phi) is 8.64. The minimum absolute atomic E-state index is 0.0808. The Balaban J connectivity index is 2.79. The van der Waals surface area contributed by atoms with E-state index in [1.807, 2.05) is 6.92 Å². The number of ether oxygens (including phenoxy) is 4. The molecule has 0 spiro atoms. The van der Waals surface area contributed by atoms with Crippen LogP contribution in [0.5, 0.6) is 0 Å². The smallest absolute Gasteiger partial charge is 0.338 e. The lowest BCUT2D eigenvalue weighted by atomic mass is 9.98. The molecule has 0 fully saturated rings. The van der Waals surface area contributed by atoms with E-state index < -0.39 is 16.5 Å². The molecule has 1 aromatic carbocycles. The van der Waals surface area contributed by atoms with E-state index in [-0.39, 0.29) is 30.6 Å². The molecule has 0 aliphatic carbocycles. The second-order valence-electron chi connectivity index (χ2n) is 6.82. The van der Waals surface area contributed by atoms with E-state index in [1.165, 1.54) is 12.1 Å². The van der Waals surface area contributed by atoms with Crippen LogP contribution in [0.3, 0.4) is 0 Å². The van der Waals surface area contributed by atoms with E-state index in [2.05, 4.69) is 0 Å². The van der Waals surface area contributed by atoms with Gasteiger partial charge in [0.25, 0.3) is 5.69 Å². The molecule has 1 atom stereocenters. The summed E-state index contributed by atoms with van der Waals surface area (Å²) in [7, 11) is 1.58. The van der Waals surface area contributed by atoms with E-state index in [0.29, 0.717) is 18.8 Å². The van der Waals surface area contributed by atoms with E-state index in [0.717, 1.165) is 0 Å². The molecule has 0 saturated heterocycles. The van der Waals surface area contributed by atoms with Crippen molar-refractivity contribution in [2.24, 2.45) is 0 Å². The Bertz CT molecular complexity index is 610. The molecule has 1 unspecified atom stereocenters. The number of carbonyl (C=O) groups excluding carboxylic acids is 1. The van der Waals surface area contributed by atoms with Crippen LogP contribution in [0.4, 0.5) is 5.69 Å². The van der Waals surface area contributed by atoms with Crippen molar-refractivity contribution in [2.75, 3.05) is 33.7 Å². The molecular weight excluding hydrogens is 342 g/mol. The quantitative estimate of drug-likeness (QED) is 0.205. The van der Waals surface area contributed by atoms with Crippen molar-refractivity contribution in [2.45, 2.75) is 39.2 Å². The molecule has 26 heavy (non-hydrogen) atoms. The summed E-state index contributed by atoms with van der Waals surface area (Å²) in [6.07, 6.45) is 0. The van der Waals surface area contributed by atoms with Crippen LogP contribution in [-0.2, 0) is 18.9 Å². The largest absolute Gasteiger partial charge is 0.456 e. The number of hydrogen-bond acceptors (Lipinski definition) is 7. The van der Waals surface area contributed by atoms with Gasteiger partial charge in [0.1, 0.15) is 12.4 Å². The van der Waals surface area contributed by atoms with Gasteiger partial charge < -0.3 is 18.9 Å². The first-order valence-electron chi connectivity index (χ1n) is 8.32. The highest BCUT2D eigenvalue weighted by Gasteiger charge is 2.24. The molecule has 1 aromatic rings. The average molecular weight is 369 g/mol. The standard InChI is InChI=1S/C18H27NO7/c1-13(11-25-12-24-9-8-23-5)15-7-6-14(10-16(15)19(21)22)17(20)26-18(2,3)4/h6-7,10,13H,8-9,11-12H2,1-5H3. The summed E-state index contributed by atoms with van der Waals surface area (Å²) < 4.78 is 20.7. The first kappa shape index (κ1) is 22.0. The van der Waals surface area contributed by atoms with Crippen LogP contribution in [0.15, 0.2) is 18.2 Å². The average Bonchev–Trinajstić information content (AvgIpc) is 2.55. The lowest BCUT2D eigenvalue weighted by Gasteiger charge is -2.20. The van der Waals surface area contributed by atoms with Gasteiger partial charge in [-0.2, -0.15) is 0 Å². The number of nitrogens with zero attached hydrogens (tertiary/aromatic N) is 1. The molecule has 0 heterocycles. The molecule has 146 valence electrons. The van der Waals surface area contributed by atoms with E-state index in [4.69, 9.17) is 18.9 Å². The molecule has 0 bridgehead atoms. The van der Waals surface area contributed by atoms with Gasteiger partial charge in [-0.05, 0) is 26.8 Å². The predicted molar refractivity (Wildman–Crippen MR) is 95.3 cm³/mol. The van der Waals surface area contributed by atoms with Gasteiger partial charge in [-0.3, -0.25) is 10.1 Å². The molecule has 0 aliphatic rings. The number of benzene rings is 1. The van der Waals surface area contributed by atoms with Gasteiger partial charge in [0.2, 0.25) is 0 Å². The van der Waals surface area contributed by atoms with Crippen LogP contribution in [0.1, 0.15) is 49.5 Å². The third-order valence-corrected chi connectivity index (χ3v) is 3.36. The maximum absolute atomic E-state index is 12.1. The highest BCUT2D eigenvalue weighted by molar-refractivity contribution is 5.90. The highest BCUT2D eigenvalue weighted by Crippen LogP contribution is 2.28. The maximum Gasteiger partial charge on any atom is 0.338 e. The first-order valence-corrected chi connectivity index (χ1v) is 8.32. The maximum atomic E-state index is 12.1. The van der Waals surface area contributed by atoms with Crippen LogP contribution < -0.4 is 0 Å². The van der Waals surface area contributed by atoms with Crippen molar-refractivity contribution in [3.05, 3.63) is 39.4 Å². The Hall–Kier alpha value is -2.03. The molecule has 1 rings (SSSR count). The van der Waals surface area contributed by atoms with Gasteiger partial charge in [-0.25, -0.2) is 4.79 Å². The van der Waals surface area contributed by atoms with Crippen molar-refractivity contribution in [1.82, 2.24) is 0 Å². The summed E-state index contributed by atoms with van der Waals surface area (Å²) in [6.45, 7) is 8.24. The van der Waals surface area contributed by atoms with E-state index in [9.17, 15) is 14.9 Å². The Morgan fingerprint density at radius 2 is 1.92 bits per heavy atom. The van der Waals surface area contributed by atoms with Gasteiger partial charge in [0.15, 0.2) is 0 Å². The highest BCUT2D eigenvalue weighted by atomic mass is 16.7. The third-order valence-electron chi connectivity index (χ3n) is 3.36. The monoisotopic (exact) mass is 369 g/mol. The van der Waals surface area contributed by atoms with Gasteiger partial charge in [-0.15, -0.1) is 0 Å². The molecule has 0 amide bonds. The fourth-order valence-corrected chi connectivity index (χ4v) is 2.16. The Labute approximate surface area is 153 Å². The summed E-state index contributed by atoms with van der Waals surface area (Å²) in [5, 5.41) is 11.4. The number of esters is 1. The molecule has 8 heteroatoms. The number of methoxy groups -OCH3 is 1. The molecule has 0 aromatic heterocycles. The fraction of sp³-hybridized carbons (Fsp3) is 0.611. The predicted octanol–water partition coefficient (Wildman–Crippen LogP) is 3.29. The van der Waals surface area contributed by atoms with E-state index >= 15 is 0 Å². The van der Waals surface area contributed by atoms with Crippen molar-refractivity contribution in [3.63, 3.8) is 0 Å². The van der Waals surface area contributed by atoms with Crippen molar-refractivity contribution in [3.8, 4) is 0 Å². The molecule has 0 aliphatic heterocycles. The van der Waals surface area contributed by atoms with Gasteiger partial charge in [0, 0.05) is 24.7 Å². The molecule has 0 radical (unpaired) electrons. The fourth-order valence-electron chi connectivity index (χ4n) is 2.16. The van der Waals surface area contributed by atoms with Crippen molar-refractivity contribution >= 4 is 11.7 Å². The Morgan fingerprint density at radius 1 is 1.23 bits per heavy atom. The van der Waals surface area contributed by atoms with Crippen molar-refractivity contribution < 1.29 is 28.7 Å². The minimum atomic E-state index is -0.672. The molecule has 0 saturated carbocycles. The topological polar surface area (TPSA) is 97.1 Å². The van der Waals surface area contributed by atoms with Crippen LogP contribution in [0, 0.1) is 10.1 Å². The number of nitro groups is 1. The lowest BCUT2D eigenvalue weighted by molar-refractivity contribution is -0.385. The second-order valence-corrected chi connectivity index (χ2v) is 6.82. The van der Waals surface area contributed by atoms with Gasteiger partial charge >= 0.3 is 5.97 Å². The third kappa shape index (κ3) is 7.47. The zero-order chi connectivity index (χ0) is 19.7. The second kappa shape index (κ2) is 10.2. The van der Waals surface area contributed by atoms with Crippen LogP contribution in [0.25, 0.3) is 0 Å². The van der Waals surface area contributed by atoms with Crippen molar-refractivity contribution in [1.29, 1.82) is 0 Å². The number of rotatable bonds is 10. The summed E-state index contributed by atoms with van der Waals surface area (Å²) >= 11 is 0. The van der Waals surface area contributed by atoms with E-state index in [1.54, 1.807) is 33.9 Å². The van der Waals surface area contributed by atoms with Gasteiger partial charge in [0.05, 0.1) is 30.3 Å². The first-order chi connectivity index (χ1) is 12.2. The number of nitro benzene ring substituents is 1. The van der Waals surface area contributed by atoms with Crippen LogP contribution in [-0.4, -0.2) is 50.2 Å². The minimum Gasteiger partial charge on any atom is -0.456 e. The molecular formula is C18H27NO7. The SMILES string of the molecule is COCCOCOCC(C)c1ccc(C(=O)OC(C)(C)C)cc1[N+](=O)[O-]. The number of carbonyl (C=O) groups is 1. The summed E-state index contributed by atoms with van der Waals surface area (Å²) in [5.41, 5.74) is -0.176. The summed E-state index contributed by atoms with van der Waals surface area (Å²) in [5.74, 6) is -0.836. The summed E-state index contributed by atoms with van der Waals surface area (Å²) in [6, 6.07) is 4.34. The normalized spacial score (nSPS) is 12.7. The summed E-state index contributed by atoms with van der Waals surface area (Å²) in [4.78, 5) is 23.0. The number of hydrogen-bond donors (Lipinski definition) is 0. The molecule has 8 nitrogen and oxygen atoms in total. The lowest BCUT2D eigenvalue weighted by Crippen LogP contribution is -2.24. The van der Waals surface area contributed by atoms with Gasteiger partial charge in [-0.1, -0.05) is 13.0 Å². The Morgan fingerprint density at radius 3 is 2.50 bits per heavy atom. The van der Waals surface area contributed by atoms with Crippen LogP contribution >= 0.6 is 0 Å².